The van der Waals surface area contributed by atoms with Gasteiger partial charge in [0, 0.05) is 6.07 Å². The Kier molecular flexibility index (Phi) is 3.44. The van der Waals surface area contributed by atoms with E-state index in [-0.39, 0.29) is 0 Å². The number of halogens is 1. The zero-order chi connectivity index (χ0) is 12.3. The van der Waals surface area contributed by atoms with Gasteiger partial charge in [0.1, 0.15) is 23.0 Å². The Balaban J connectivity index is 2.64. The lowest BCUT2D eigenvalue weighted by atomic mass is 10.1. The van der Waals surface area contributed by atoms with E-state index in [4.69, 9.17) is 21.1 Å². The molecule has 0 radical (unpaired) electrons. The van der Waals surface area contributed by atoms with Gasteiger partial charge in [-0.2, -0.15) is 0 Å². The van der Waals surface area contributed by atoms with Crippen LogP contribution in [-0.2, 0) is 0 Å². The van der Waals surface area contributed by atoms with E-state index in [1.807, 2.05) is 18.2 Å². The molecule has 0 atom stereocenters. The minimum absolute atomic E-state index is 0.378. The Bertz CT molecular complexity index is 509. The van der Waals surface area contributed by atoms with E-state index in [1.165, 1.54) is 6.33 Å². The van der Waals surface area contributed by atoms with Crippen LogP contribution in [0.4, 0.5) is 0 Å². The molecule has 5 heteroatoms. The first-order chi connectivity index (χ1) is 8.26. The molecule has 0 unspecified atom stereocenters. The summed E-state index contributed by atoms with van der Waals surface area (Å²) in [6, 6.07) is 7.20. The summed E-state index contributed by atoms with van der Waals surface area (Å²) in [6.07, 6.45) is 1.41. The third kappa shape index (κ3) is 2.31. The first-order valence-corrected chi connectivity index (χ1v) is 5.33. The van der Waals surface area contributed by atoms with Gasteiger partial charge in [0.2, 0.25) is 0 Å². The smallest absolute Gasteiger partial charge is 0.133 e. The van der Waals surface area contributed by atoms with Gasteiger partial charge in [-0.25, -0.2) is 9.97 Å². The quantitative estimate of drug-likeness (QED) is 0.786. The van der Waals surface area contributed by atoms with Crippen LogP contribution in [0.1, 0.15) is 0 Å². The second-order valence-electron chi connectivity index (χ2n) is 3.26. The SMILES string of the molecule is COc1cccc(OC)c1-c1cc(Cl)ncn1. The van der Waals surface area contributed by atoms with Gasteiger partial charge < -0.3 is 9.47 Å². The number of hydrogen-bond acceptors (Lipinski definition) is 4. The van der Waals surface area contributed by atoms with Gasteiger partial charge in [0.25, 0.3) is 0 Å². The third-order valence-electron chi connectivity index (χ3n) is 2.32. The molecule has 0 saturated carbocycles. The number of methoxy groups -OCH3 is 2. The van der Waals surface area contributed by atoms with Crippen molar-refractivity contribution in [2.24, 2.45) is 0 Å². The van der Waals surface area contributed by atoms with Crippen LogP contribution in [0, 0.1) is 0 Å². The maximum atomic E-state index is 5.85. The molecule has 0 N–H and O–H groups in total. The molecular weight excluding hydrogens is 240 g/mol. The highest BCUT2D eigenvalue weighted by molar-refractivity contribution is 6.29. The average molecular weight is 251 g/mol. The summed E-state index contributed by atoms with van der Waals surface area (Å²) < 4.78 is 10.6. The molecule has 0 spiro atoms. The van der Waals surface area contributed by atoms with Gasteiger partial charge >= 0.3 is 0 Å². The standard InChI is InChI=1S/C12H11ClN2O2/c1-16-9-4-3-5-10(17-2)12(9)8-6-11(13)15-7-14-8/h3-7H,1-2H3. The van der Waals surface area contributed by atoms with Gasteiger partial charge in [0.15, 0.2) is 0 Å². The predicted octanol–water partition coefficient (Wildman–Crippen LogP) is 2.81. The molecule has 0 bridgehead atoms. The number of aromatic nitrogens is 2. The van der Waals surface area contributed by atoms with Gasteiger partial charge in [0.05, 0.1) is 25.5 Å². The van der Waals surface area contributed by atoms with Crippen LogP contribution < -0.4 is 9.47 Å². The summed E-state index contributed by atoms with van der Waals surface area (Å²) in [4.78, 5) is 8.02. The molecule has 0 amide bonds. The van der Waals surface area contributed by atoms with Crippen LogP contribution in [0.25, 0.3) is 11.3 Å². The molecule has 0 aliphatic rings. The van der Waals surface area contributed by atoms with Crippen LogP contribution in [0.15, 0.2) is 30.6 Å². The van der Waals surface area contributed by atoms with Gasteiger partial charge in [-0.15, -0.1) is 0 Å². The molecule has 17 heavy (non-hydrogen) atoms. The number of rotatable bonds is 3. The fourth-order valence-electron chi connectivity index (χ4n) is 1.57. The summed E-state index contributed by atoms with van der Waals surface area (Å²) in [5.74, 6) is 1.36. The van der Waals surface area contributed by atoms with Crippen molar-refractivity contribution in [1.82, 2.24) is 9.97 Å². The largest absolute Gasteiger partial charge is 0.496 e. The van der Waals surface area contributed by atoms with E-state index in [2.05, 4.69) is 9.97 Å². The monoisotopic (exact) mass is 250 g/mol. The normalized spacial score (nSPS) is 10.1. The molecule has 1 aromatic carbocycles. The van der Waals surface area contributed by atoms with E-state index in [0.29, 0.717) is 22.3 Å². The van der Waals surface area contributed by atoms with Crippen molar-refractivity contribution in [2.45, 2.75) is 0 Å². The van der Waals surface area contributed by atoms with Crippen molar-refractivity contribution in [1.29, 1.82) is 0 Å². The topological polar surface area (TPSA) is 44.2 Å². The maximum absolute atomic E-state index is 5.85. The fourth-order valence-corrected chi connectivity index (χ4v) is 1.72. The van der Waals surface area contributed by atoms with E-state index >= 15 is 0 Å². The molecule has 0 saturated heterocycles. The number of benzene rings is 1. The van der Waals surface area contributed by atoms with Crippen molar-refractivity contribution >= 4 is 11.6 Å². The predicted molar refractivity (Wildman–Crippen MR) is 65.6 cm³/mol. The van der Waals surface area contributed by atoms with Crippen molar-refractivity contribution in [3.8, 4) is 22.8 Å². The molecule has 0 fully saturated rings. The van der Waals surface area contributed by atoms with E-state index in [0.717, 1.165) is 5.56 Å². The van der Waals surface area contributed by atoms with Crippen LogP contribution >= 0.6 is 11.6 Å². The summed E-state index contributed by atoms with van der Waals surface area (Å²) in [7, 11) is 3.20. The summed E-state index contributed by atoms with van der Waals surface area (Å²) in [6.45, 7) is 0. The van der Waals surface area contributed by atoms with Gasteiger partial charge in [-0.05, 0) is 12.1 Å². The lowest BCUT2D eigenvalue weighted by Crippen LogP contribution is -1.95. The first-order valence-electron chi connectivity index (χ1n) is 4.95. The minimum atomic E-state index is 0.378. The summed E-state index contributed by atoms with van der Waals surface area (Å²) in [5.41, 5.74) is 1.43. The fraction of sp³-hybridized carbons (Fsp3) is 0.167. The Morgan fingerprint density at radius 2 is 1.71 bits per heavy atom. The molecule has 2 aromatic rings. The van der Waals surface area contributed by atoms with E-state index < -0.39 is 0 Å². The van der Waals surface area contributed by atoms with Crippen LogP contribution in [0.5, 0.6) is 11.5 Å². The highest BCUT2D eigenvalue weighted by Gasteiger charge is 2.13. The molecule has 0 aliphatic heterocycles. The second kappa shape index (κ2) is 5.01. The lowest BCUT2D eigenvalue weighted by molar-refractivity contribution is 0.397. The van der Waals surface area contributed by atoms with Crippen molar-refractivity contribution in [2.75, 3.05) is 14.2 Å². The van der Waals surface area contributed by atoms with Crippen LogP contribution in [0.2, 0.25) is 5.15 Å². The number of nitrogens with zero attached hydrogens (tertiary/aromatic N) is 2. The summed E-state index contributed by atoms with van der Waals surface area (Å²) >= 11 is 5.85. The number of hydrogen-bond donors (Lipinski definition) is 0. The zero-order valence-electron chi connectivity index (χ0n) is 9.48. The molecule has 88 valence electrons. The minimum Gasteiger partial charge on any atom is -0.496 e. The Labute approximate surface area is 104 Å². The van der Waals surface area contributed by atoms with E-state index in [1.54, 1.807) is 20.3 Å². The molecule has 1 heterocycles. The molecule has 4 nitrogen and oxygen atoms in total. The highest BCUT2D eigenvalue weighted by Crippen LogP contribution is 2.37. The molecular formula is C12H11ClN2O2. The van der Waals surface area contributed by atoms with Crippen LogP contribution in [-0.4, -0.2) is 24.2 Å². The molecule has 2 rings (SSSR count). The van der Waals surface area contributed by atoms with E-state index in [9.17, 15) is 0 Å². The lowest BCUT2D eigenvalue weighted by Gasteiger charge is -2.12. The molecule has 1 aromatic heterocycles. The van der Waals surface area contributed by atoms with Crippen molar-refractivity contribution in [3.63, 3.8) is 0 Å². The maximum Gasteiger partial charge on any atom is 0.133 e. The molecule has 0 aliphatic carbocycles. The highest BCUT2D eigenvalue weighted by atomic mass is 35.5. The van der Waals surface area contributed by atoms with Gasteiger partial charge in [-0.3, -0.25) is 0 Å². The average Bonchev–Trinajstić information content (AvgIpc) is 2.37. The second-order valence-corrected chi connectivity index (χ2v) is 3.65. The Morgan fingerprint density at radius 3 is 2.24 bits per heavy atom. The first kappa shape index (κ1) is 11.7. The Morgan fingerprint density at radius 1 is 1.06 bits per heavy atom. The van der Waals surface area contributed by atoms with Crippen molar-refractivity contribution < 1.29 is 9.47 Å². The van der Waals surface area contributed by atoms with Crippen LogP contribution in [0.3, 0.4) is 0 Å². The third-order valence-corrected chi connectivity index (χ3v) is 2.52. The Hall–Kier alpha value is -1.81. The van der Waals surface area contributed by atoms with Gasteiger partial charge in [-0.1, -0.05) is 17.7 Å². The summed E-state index contributed by atoms with van der Waals surface area (Å²) in [5, 5.41) is 0.378. The zero-order valence-corrected chi connectivity index (χ0v) is 10.2. The van der Waals surface area contributed by atoms with Crippen molar-refractivity contribution in [3.05, 3.63) is 35.7 Å². The number of ether oxygens (including phenoxy) is 2.